The molecule has 0 aliphatic carbocycles. The van der Waals surface area contributed by atoms with Gasteiger partial charge in [-0.15, -0.1) is 0 Å². The SMILES string of the molecule is COCCc1ccc2oc(NCc3ccns3)nc2c1. The van der Waals surface area contributed by atoms with Crippen molar-refractivity contribution in [1.29, 1.82) is 0 Å². The van der Waals surface area contributed by atoms with E-state index in [1.165, 1.54) is 17.1 Å². The fourth-order valence-electron chi connectivity index (χ4n) is 1.92. The second-order valence-corrected chi connectivity index (χ2v) is 5.31. The maximum Gasteiger partial charge on any atom is 0.295 e. The van der Waals surface area contributed by atoms with Crippen LogP contribution in [0.25, 0.3) is 11.1 Å². The second kappa shape index (κ2) is 6.02. The van der Waals surface area contributed by atoms with Crippen molar-refractivity contribution in [2.75, 3.05) is 19.0 Å². The summed E-state index contributed by atoms with van der Waals surface area (Å²) in [7, 11) is 1.70. The molecule has 5 nitrogen and oxygen atoms in total. The molecule has 2 heterocycles. The maximum absolute atomic E-state index is 5.66. The minimum absolute atomic E-state index is 0.539. The van der Waals surface area contributed by atoms with E-state index in [9.17, 15) is 0 Å². The van der Waals surface area contributed by atoms with Crippen LogP contribution in [-0.2, 0) is 17.7 Å². The largest absolute Gasteiger partial charge is 0.424 e. The summed E-state index contributed by atoms with van der Waals surface area (Å²) in [6.45, 7) is 1.38. The minimum atomic E-state index is 0.539. The van der Waals surface area contributed by atoms with E-state index in [0.717, 1.165) is 22.4 Å². The fourth-order valence-corrected chi connectivity index (χ4v) is 2.44. The van der Waals surface area contributed by atoms with Crippen LogP contribution in [0, 0.1) is 0 Å². The molecule has 0 saturated heterocycles. The molecular weight excluding hydrogens is 274 g/mol. The number of benzene rings is 1. The van der Waals surface area contributed by atoms with Crippen molar-refractivity contribution < 1.29 is 9.15 Å². The summed E-state index contributed by atoms with van der Waals surface area (Å²) in [5.41, 5.74) is 2.85. The van der Waals surface area contributed by atoms with Crippen molar-refractivity contribution in [3.8, 4) is 0 Å². The van der Waals surface area contributed by atoms with Crippen LogP contribution in [0.2, 0.25) is 0 Å². The molecule has 0 amide bonds. The third-order valence-electron chi connectivity index (χ3n) is 2.95. The van der Waals surface area contributed by atoms with Crippen LogP contribution in [0.3, 0.4) is 0 Å². The molecule has 0 spiro atoms. The summed E-state index contributed by atoms with van der Waals surface area (Å²) >= 11 is 1.46. The Labute approximate surface area is 120 Å². The molecule has 20 heavy (non-hydrogen) atoms. The van der Waals surface area contributed by atoms with Crippen LogP contribution in [0.1, 0.15) is 10.4 Å². The first kappa shape index (κ1) is 13.1. The van der Waals surface area contributed by atoms with Crippen molar-refractivity contribution in [2.24, 2.45) is 0 Å². The smallest absolute Gasteiger partial charge is 0.295 e. The van der Waals surface area contributed by atoms with Crippen LogP contribution < -0.4 is 5.32 Å². The average molecular weight is 289 g/mol. The predicted octanol–water partition coefficient (Wildman–Crippen LogP) is 3.09. The van der Waals surface area contributed by atoms with E-state index < -0.39 is 0 Å². The van der Waals surface area contributed by atoms with Gasteiger partial charge in [-0.2, -0.15) is 4.98 Å². The summed E-state index contributed by atoms with van der Waals surface area (Å²) in [4.78, 5) is 5.59. The summed E-state index contributed by atoms with van der Waals surface area (Å²) < 4.78 is 14.8. The van der Waals surface area contributed by atoms with E-state index in [-0.39, 0.29) is 0 Å². The van der Waals surface area contributed by atoms with Crippen LogP contribution in [0.4, 0.5) is 6.01 Å². The van der Waals surface area contributed by atoms with Gasteiger partial charge in [0.25, 0.3) is 6.01 Å². The zero-order valence-corrected chi connectivity index (χ0v) is 11.9. The highest BCUT2D eigenvalue weighted by Crippen LogP contribution is 2.21. The Morgan fingerprint density at radius 1 is 1.35 bits per heavy atom. The molecule has 0 aliphatic heterocycles. The number of anilines is 1. The Hall–Kier alpha value is -1.92. The monoisotopic (exact) mass is 289 g/mol. The number of nitrogens with one attached hydrogen (secondary N) is 1. The number of aromatic nitrogens is 2. The second-order valence-electron chi connectivity index (χ2n) is 4.40. The van der Waals surface area contributed by atoms with E-state index >= 15 is 0 Å². The molecule has 0 radical (unpaired) electrons. The van der Waals surface area contributed by atoms with Crippen molar-refractivity contribution in [3.63, 3.8) is 0 Å². The quantitative estimate of drug-likeness (QED) is 0.755. The topological polar surface area (TPSA) is 60.2 Å². The van der Waals surface area contributed by atoms with Gasteiger partial charge in [0.2, 0.25) is 0 Å². The molecular formula is C14H15N3O2S. The molecule has 1 aromatic carbocycles. The highest BCUT2D eigenvalue weighted by Gasteiger charge is 2.06. The number of fused-ring (bicyclic) bond motifs is 1. The van der Waals surface area contributed by atoms with Gasteiger partial charge in [0, 0.05) is 18.2 Å². The van der Waals surface area contributed by atoms with Crippen LogP contribution in [-0.4, -0.2) is 23.1 Å². The fraction of sp³-hybridized carbons (Fsp3) is 0.286. The lowest BCUT2D eigenvalue weighted by Crippen LogP contribution is -1.96. The first-order chi connectivity index (χ1) is 9.85. The zero-order valence-electron chi connectivity index (χ0n) is 11.1. The summed E-state index contributed by atoms with van der Waals surface area (Å²) in [5, 5.41) is 3.17. The van der Waals surface area contributed by atoms with Gasteiger partial charge in [-0.1, -0.05) is 6.07 Å². The number of oxazole rings is 1. The first-order valence-electron chi connectivity index (χ1n) is 6.37. The molecule has 0 aliphatic rings. The number of methoxy groups -OCH3 is 1. The van der Waals surface area contributed by atoms with Gasteiger partial charge in [-0.3, -0.25) is 0 Å². The molecule has 1 N–H and O–H groups in total. The van der Waals surface area contributed by atoms with E-state index in [1.54, 1.807) is 13.3 Å². The summed E-state index contributed by atoms with van der Waals surface area (Å²) in [6, 6.07) is 8.54. The molecule has 0 fully saturated rings. The molecule has 3 rings (SSSR count). The van der Waals surface area contributed by atoms with Gasteiger partial charge in [-0.25, -0.2) is 4.37 Å². The van der Waals surface area contributed by atoms with Crippen LogP contribution in [0.5, 0.6) is 0 Å². The van der Waals surface area contributed by atoms with E-state index in [4.69, 9.17) is 9.15 Å². The molecule has 2 aromatic heterocycles. The molecule has 104 valence electrons. The van der Waals surface area contributed by atoms with E-state index in [1.807, 2.05) is 24.3 Å². The highest BCUT2D eigenvalue weighted by atomic mass is 32.1. The highest BCUT2D eigenvalue weighted by molar-refractivity contribution is 7.05. The van der Waals surface area contributed by atoms with Crippen LogP contribution >= 0.6 is 11.5 Å². The molecule has 3 aromatic rings. The summed E-state index contributed by atoms with van der Waals surface area (Å²) in [5.74, 6) is 0. The molecule has 0 atom stereocenters. The Balaban J connectivity index is 1.72. The van der Waals surface area contributed by atoms with Gasteiger partial charge in [-0.05, 0) is 41.7 Å². The number of ether oxygens (including phenoxy) is 1. The lowest BCUT2D eigenvalue weighted by Gasteiger charge is -1.98. The molecule has 6 heteroatoms. The number of nitrogens with zero attached hydrogens (tertiary/aromatic N) is 2. The molecule has 0 unspecified atom stereocenters. The minimum Gasteiger partial charge on any atom is -0.424 e. The van der Waals surface area contributed by atoms with Gasteiger partial charge < -0.3 is 14.5 Å². The average Bonchev–Trinajstić information content (AvgIpc) is 3.11. The molecule has 0 bridgehead atoms. The normalized spacial score (nSPS) is 11.1. The van der Waals surface area contributed by atoms with Gasteiger partial charge in [0.15, 0.2) is 5.58 Å². The lowest BCUT2D eigenvalue weighted by atomic mass is 10.1. The lowest BCUT2D eigenvalue weighted by molar-refractivity contribution is 0.202. The van der Waals surface area contributed by atoms with Gasteiger partial charge in [0.05, 0.1) is 13.2 Å². The van der Waals surface area contributed by atoms with E-state index in [0.29, 0.717) is 19.2 Å². The number of hydrogen-bond acceptors (Lipinski definition) is 6. The van der Waals surface area contributed by atoms with Crippen molar-refractivity contribution in [2.45, 2.75) is 13.0 Å². The first-order valence-corrected chi connectivity index (χ1v) is 7.14. The number of rotatable bonds is 6. The van der Waals surface area contributed by atoms with Crippen molar-refractivity contribution >= 4 is 28.6 Å². The maximum atomic E-state index is 5.66. The van der Waals surface area contributed by atoms with Crippen molar-refractivity contribution in [1.82, 2.24) is 9.36 Å². The van der Waals surface area contributed by atoms with E-state index in [2.05, 4.69) is 14.7 Å². The van der Waals surface area contributed by atoms with Crippen molar-refractivity contribution in [3.05, 3.63) is 40.9 Å². The standard InChI is InChI=1S/C14H15N3O2S/c1-18-7-5-10-2-3-13-12(8-10)17-14(19-13)15-9-11-4-6-16-20-11/h2-4,6,8H,5,7,9H2,1H3,(H,15,17). The van der Waals surface area contributed by atoms with Gasteiger partial charge >= 0.3 is 0 Å². The number of hydrogen-bond donors (Lipinski definition) is 1. The Bertz CT molecular complexity index is 679. The third-order valence-corrected chi connectivity index (χ3v) is 3.69. The summed E-state index contributed by atoms with van der Waals surface area (Å²) in [6.07, 6.45) is 2.67. The Kier molecular flexibility index (Phi) is 3.94. The Morgan fingerprint density at radius 3 is 3.10 bits per heavy atom. The van der Waals surface area contributed by atoms with Gasteiger partial charge in [0.1, 0.15) is 5.52 Å². The Morgan fingerprint density at radius 2 is 2.30 bits per heavy atom. The third kappa shape index (κ3) is 2.97. The van der Waals surface area contributed by atoms with Crippen LogP contribution in [0.15, 0.2) is 34.9 Å². The predicted molar refractivity (Wildman–Crippen MR) is 79.0 cm³/mol. The molecule has 0 saturated carbocycles. The zero-order chi connectivity index (χ0) is 13.8.